The molecule has 0 saturated carbocycles. The van der Waals surface area contributed by atoms with Crippen molar-refractivity contribution in [3.8, 4) is 0 Å². The van der Waals surface area contributed by atoms with Crippen LogP contribution in [0, 0.1) is 0 Å². The van der Waals surface area contributed by atoms with Gasteiger partial charge in [0.25, 0.3) is 0 Å². The van der Waals surface area contributed by atoms with Gasteiger partial charge >= 0.3 is 0 Å². The van der Waals surface area contributed by atoms with E-state index >= 15 is 0 Å². The van der Waals surface area contributed by atoms with Crippen LogP contribution in [-0.2, 0) is 52.8 Å². The molecule has 10 atom stereocenters. The molecule has 1 aromatic heterocycles. The molecule has 15 N–H and O–H groups in total. The van der Waals surface area contributed by atoms with Gasteiger partial charge in [0.15, 0.2) is 0 Å². The molecule has 0 unspecified atom stereocenters. The van der Waals surface area contributed by atoms with E-state index in [1.54, 1.807) is 60.8 Å². The lowest BCUT2D eigenvalue weighted by Gasteiger charge is -2.29. The van der Waals surface area contributed by atoms with Crippen molar-refractivity contribution >= 4 is 73.8 Å². The zero-order chi connectivity index (χ0) is 51.5. The Morgan fingerprint density at radius 1 is 0.718 bits per heavy atom. The monoisotopic (exact) mass is 1020 g/mol. The summed E-state index contributed by atoms with van der Waals surface area (Å²) < 4.78 is 0. The Morgan fingerprint density at radius 2 is 1.31 bits per heavy atom. The standard InChI is InChI=1S/C49H66N10O10S2/c1-28(61)39(25-60)56-48(68)41-27-71-70-26-40(57-43(63)34(51)21-30-13-5-3-6-14-30)47(67)54-37(22-31-15-7-4-8-16-31)45(65)55-38(23-32-24-52-35-18-10-9-17-33(32)35)46(66)53-36(19-11-12-20-50)44(64)59-42(29(2)62)49(69)58-41/h3-10,13-18,24,28-29,34,36-42,52,60-62H,11-12,19-23,25-27,50-51H2,1-2H3,(H,53,66)(H,54,67)(H,55,65)(H,56,68)(H,57,63)(H,58,69)(H,59,64)/t28-,29-,34-,36+,37-,38-,39-,40+,41+,42+/m1/s1. The highest BCUT2D eigenvalue weighted by atomic mass is 33.1. The fourth-order valence-electron chi connectivity index (χ4n) is 7.73. The van der Waals surface area contributed by atoms with Gasteiger partial charge in [-0.1, -0.05) is 100 Å². The molecule has 5 rings (SSSR count). The summed E-state index contributed by atoms with van der Waals surface area (Å²) in [6.07, 6.45) is -0.156. The smallest absolute Gasteiger partial charge is 0.245 e. The first kappa shape index (κ1) is 55.9. The second kappa shape index (κ2) is 28.1. The number of benzene rings is 3. The van der Waals surface area contributed by atoms with Gasteiger partial charge in [0.1, 0.15) is 36.3 Å². The van der Waals surface area contributed by atoms with Gasteiger partial charge in [-0.15, -0.1) is 0 Å². The lowest BCUT2D eigenvalue weighted by molar-refractivity contribution is -0.136. The second-order valence-corrected chi connectivity index (χ2v) is 20.0. The van der Waals surface area contributed by atoms with Gasteiger partial charge in [-0.05, 0) is 68.8 Å². The maximum Gasteiger partial charge on any atom is 0.245 e. The average molecular weight is 1020 g/mol. The molecular formula is C49H66N10O10S2. The molecular weight excluding hydrogens is 953 g/mol. The predicted octanol–water partition coefficient (Wildman–Crippen LogP) is -0.805. The zero-order valence-corrected chi connectivity index (χ0v) is 41.3. The number of hydrogen-bond donors (Lipinski definition) is 13. The number of carbonyl (C=O) groups is 7. The normalized spacial score (nSPS) is 22.8. The number of hydrogen-bond acceptors (Lipinski definition) is 14. The van der Waals surface area contributed by atoms with E-state index < -0.39 is 108 Å². The molecule has 0 bridgehead atoms. The molecule has 1 saturated heterocycles. The van der Waals surface area contributed by atoms with E-state index in [1.807, 2.05) is 30.3 Å². The van der Waals surface area contributed by atoms with Crippen LogP contribution in [0.25, 0.3) is 10.9 Å². The Balaban J connectivity index is 1.56. The Morgan fingerprint density at radius 3 is 1.96 bits per heavy atom. The fourth-order valence-corrected chi connectivity index (χ4v) is 10.1. The number of aliphatic hydroxyl groups is 3. The number of aromatic nitrogens is 1. The number of para-hydroxylation sites is 1. The topological polar surface area (TPSA) is 332 Å². The molecule has 2 heterocycles. The fraction of sp³-hybridized carbons (Fsp3) is 0.449. The zero-order valence-electron chi connectivity index (χ0n) is 39.7. The van der Waals surface area contributed by atoms with E-state index in [9.17, 15) is 48.9 Å². The summed E-state index contributed by atoms with van der Waals surface area (Å²) in [5.74, 6) is -6.01. The Bertz CT molecular complexity index is 2400. The third kappa shape index (κ3) is 17.1. The maximum absolute atomic E-state index is 14.7. The third-order valence-corrected chi connectivity index (χ3v) is 14.3. The van der Waals surface area contributed by atoms with Crippen LogP contribution in [0.3, 0.4) is 0 Å². The molecule has 1 fully saturated rings. The van der Waals surface area contributed by atoms with E-state index in [0.717, 1.165) is 38.1 Å². The van der Waals surface area contributed by atoms with Gasteiger partial charge in [0, 0.05) is 41.4 Å². The summed E-state index contributed by atoms with van der Waals surface area (Å²) in [6, 6.07) is 14.6. The summed E-state index contributed by atoms with van der Waals surface area (Å²) in [5, 5.41) is 50.5. The molecule has 7 amide bonds. The van der Waals surface area contributed by atoms with Crippen LogP contribution in [0.5, 0.6) is 0 Å². The van der Waals surface area contributed by atoms with E-state index in [0.29, 0.717) is 24.0 Å². The molecule has 1 aliphatic heterocycles. The van der Waals surface area contributed by atoms with E-state index in [2.05, 4.69) is 42.2 Å². The van der Waals surface area contributed by atoms with Gasteiger partial charge in [-0.25, -0.2) is 0 Å². The SMILES string of the molecule is C[C@@H](O)[C@@H]1NC(=O)[C@H](CCCCN)NC(=O)[C@@H](Cc2c[nH]c3ccccc23)NC(=O)[C@@H](Cc2ccccc2)NC(=O)[C@@H](NC(=O)[C@H](N)Cc2ccccc2)CSSC[C@@H](C(=O)N[C@H](CO)[C@@H](C)O)NC1=O. The highest BCUT2D eigenvalue weighted by Gasteiger charge is 2.36. The molecule has 0 radical (unpaired) electrons. The van der Waals surface area contributed by atoms with Gasteiger partial charge in [-0.2, -0.15) is 0 Å². The molecule has 4 aromatic rings. The second-order valence-electron chi connectivity index (χ2n) is 17.5. The Hall–Kier alpha value is -6.01. The summed E-state index contributed by atoms with van der Waals surface area (Å²) in [7, 11) is 2.06. The first-order valence-electron chi connectivity index (χ1n) is 23.5. The number of aliphatic hydroxyl groups excluding tert-OH is 3. The van der Waals surface area contributed by atoms with Crippen molar-refractivity contribution in [1.29, 1.82) is 0 Å². The minimum Gasteiger partial charge on any atom is -0.394 e. The summed E-state index contributed by atoms with van der Waals surface area (Å²) in [4.78, 5) is 103. The van der Waals surface area contributed by atoms with Crippen molar-refractivity contribution in [3.63, 3.8) is 0 Å². The first-order chi connectivity index (χ1) is 34.1. The maximum atomic E-state index is 14.7. The average Bonchev–Trinajstić information content (AvgIpc) is 3.76. The lowest BCUT2D eigenvalue weighted by Crippen LogP contribution is -2.62. The largest absolute Gasteiger partial charge is 0.394 e. The number of amides is 7. The molecule has 1 aliphatic rings. The molecule has 3 aromatic carbocycles. The number of nitrogens with two attached hydrogens (primary N) is 2. The van der Waals surface area contributed by atoms with E-state index in [4.69, 9.17) is 11.5 Å². The van der Waals surface area contributed by atoms with Crippen molar-refractivity contribution in [2.75, 3.05) is 24.7 Å². The van der Waals surface area contributed by atoms with Crippen LogP contribution in [-0.4, -0.2) is 147 Å². The van der Waals surface area contributed by atoms with E-state index in [1.165, 1.54) is 13.8 Å². The lowest BCUT2D eigenvalue weighted by atomic mass is 10.0. The molecule has 20 nitrogen and oxygen atoms in total. The van der Waals surface area contributed by atoms with Crippen molar-refractivity contribution in [3.05, 3.63) is 108 Å². The van der Waals surface area contributed by atoms with E-state index in [-0.39, 0.29) is 43.7 Å². The number of fused-ring (bicyclic) bond motifs is 1. The number of rotatable bonds is 17. The van der Waals surface area contributed by atoms with Crippen LogP contribution in [0.1, 0.15) is 49.8 Å². The molecule has 71 heavy (non-hydrogen) atoms. The minimum absolute atomic E-state index is 0.0340. The van der Waals surface area contributed by atoms with Crippen LogP contribution in [0.2, 0.25) is 0 Å². The highest BCUT2D eigenvalue weighted by molar-refractivity contribution is 8.76. The molecule has 22 heteroatoms. The number of aromatic amines is 1. The van der Waals surface area contributed by atoms with Crippen LogP contribution < -0.4 is 48.7 Å². The number of unbranched alkanes of at least 4 members (excludes halogenated alkanes) is 1. The summed E-state index contributed by atoms with van der Waals surface area (Å²) >= 11 is 0. The predicted molar refractivity (Wildman–Crippen MR) is 272 cm³/mol. The molecule has 0 aliphatic carbocycles. The Labute approximate surface area is 420 Å². The van der Waals surface area contributed by atoms with Crippen molar-refractivity contribution in [2.24, 2.45) is 11.5 Å². The highest BCUT2D eigenvalue weighted by Crippen LogP contribution is 2.24. The summed E-state index contributed by atoms with van der Waals surface area (Å²) in [6.45, 7) is 2.23. The van der Waals surface area contributed by atoms with Gasteiger partial charge in [0.05, 0.1) is 30.9 Å². The van der Waals surface area contributed by atoms with Crippen molar-refractivity contribution in [2.45, 2.75) is 113 Å². The number of nitrogens with one attached hydrogen (secondary N) is 8. The molecule has 0 spiro atoms. The number of H-pyrrole nitrogens is 1. The number of carbonyl (C=O) groups excluding carboxylic acids is 7. The summed E-state index contributed by atoms with van der Waals surface area (Å²) in [5.41, 5.74) is 15.0. The van der Waals surface area contributed by atoms with Gasteiger partial charge in [-0.3, -0.25) is 33.6 Å². The van der Waals surface area contributed by atoms with Crippen LogP contribution in [0.4, 0.5) is 0 Å². The van der Waals surface area contributed by atoms with Gasteiger partial charge in [0.2, 0.25) is 41.4 Å². The van der Waals surface area contributed by atoms with Gasteiger partial charge < -0.3 is 69.0 Å². The molecule has 384 valence electrons. The van der Waals surface area contributed by atoms with Crippen molar-refractivity contribution < 1.29 is 48.9 Å². The minimum atomic E-state index is -1.66. The Kier molecular flexibility index (Phi) is 22.2. The van der Waals surface area contributed by atoms with Crippen LogP contribution >= 0.6 is 21.6 Å². The third-order valence-electron chi connectivity index (χ3n) is 11.9. The van der Waals surface area contributed by atoms with Crippen LogP contribution in [0.15, 0.2) is 91.1 Å². The van der Waals surface area contributed by atoms with Crippen molar-refractivity contribution in [1.82, 2.24) is 42.2 Å². The quantitative estimate of drug-likeness (QED) is 0.0455. The first-order valence-corrected chi connectivity index (χ1v) is 26.0.